The first kappa shape index (κ1) is 106. The Bertz CT molecular complexity index is 2060. The van der Waals surface area contributed by atoms with Crippen molar-refractivity contribution in [2.24, 2.45) is 11.8 Å². The molecule has 19 heteroatoms. The summed E-state index contributed by atoms with van der Waals surface area (Å²) in [6.45, 7) is 9.72. The lowest BCUT2D eigenvalue weighted by Gasteiger charge is -2.21. The van der Waals surface area contributed by atoms with Gasteiger partial charge in [0.15, 0.2) is 12.2 Å². The van der Waals surface area contributed by atoms with Gasteiger partial charge in [-0.1, -0.05) is 427 Å². The van der Waals surface area contributed by atoms with E-state index in [4.69, 9.17) is 37.0 Å². The van der Waals surface area contributed by atoms with Crippen LogP contribution in [0.5, 0.6) is 0 Å². The highest BCUT2D eigenvalue weighted by Gasteiger charge is 2.31. The molecule has 5 atom stereocenters. The van der Waals surface area contributed by atoms with Crippen LogP contribution in [0.3, 0.4) is 0 Å². The maximum absolute atomic E-state index is 13.2. The number of unbranched alkanes of at least 4 members (excludes halogenated alkanes) is 58. The molecular formula is C89H174O17P2. The monoisotopic (exact) mass is 1580 g/mol. The van der Waals surface area contributed by atoms with Gasteiger partial charge in [-0.15, -0.1) is 0 Å². The van der Waals surface area contributed by atoms with Crippen molar-refractivity contribution in [2.75, 3.05) is 39.6 Å². The molecule has 0 saturated heterocycles. The van der Waals surface area contributed by atoms with Crippen molar-refractivity contribution >= 4 is 39.5 Å². The third-order valence-electron chi connectivity index (χ3n) is 21.0. The van der Waals surface area contributed by atoms with Crippen LogP contribution in [0.4, 0.5) is 0 Å². The molecule has 3 N–H and O–H groups in total. The van der Waals surface area contributed by atoms with Gasteiger partial charge in [-0.05, 0) is 37.5 Å². The van der Waals surface area contributed by atoms with E-state index in [1.54, 1.807) is 0 Å². The first-order valence-electron chi connectivity index (χ1n) is 46.0. The van der Waals surface area contributed by atoms with Crippen molar-refractivity contribution in [3.8, 4) is 0 Å². The van der Waals surface area contributed by atoms with Crippen molar-refractivity contribution in [2.45, 2.75) is 496 Å². The number of hydrogen-bond donors (Lipinski definition) is 3. The number of aliphatic hydroxyl groups excluding tert-OH is 1. The zero-order valence-electron chi connectivity index (χ0n) is 71.2. The van der Waals surface area contributed by atoms with Gasteiger partial charge in [-0.3, -0.25) is 37.3 Å². The highest BCUT2D eigenvalue weighted by atomic mass is 31.2. The van der Waals surface area contributed by atoms with Gasteiger partial charge in [0.2, 0.25) is 0 Å². The number of carbonyl (C=O) groups is 4. The Morgan fingerprint density at radius 3 is 0.630 bits per heavy atom. The number of carbonyl (C=O) groups excluding carboxylic acids is 4. The lowest BCUT2D eigenvalue weighted by Crippen LogP contribution is -2.30. The number of aliphatic hydroxyl groups is 1. The molecule has 17 nitrogen and oxygen atoms in total. The van der Waals surface area contributed by atoms with Gasteiger partial charge < -0.3 is 33.8 Å². The number of esters is 4. The maximum atomic E-state index is 13.2. The van der Waals surface area contributed by atoms with Crippen molar-refractivity contribution < 1.29 is 80.2 Å². The van der Waals surface area contributed by atoms with Crippen LogP contribution < -0.4 is 0 Å². The van der Waals surface area contributed by atoms with Gasteiger partial charge in [-0.25, -0.2) is 9.13 Å². The molecule has 0 aromatic carbocycles. The zero-order chi connectivity index (χ0) is 79.2. The Morgan fingerprint density at radius 2 is 0.426 bits per heavy atom. The fraction of sp³-hybridized carbons (Fsp3) is 0.955. The molecule has 0 heterocycles. The van der Waals surface area contributed by atoms with Gasteiger partial charge in [0.1, 0.15) is 19.3 Å². The van der Waals surface area contributed by atoms with E-state index in [-0.39, 0.29) is 25.7 Å². The molecule has 0 amide bonds. The highest BCUT2D eigenvalue weighted by molar-refractivity contribution is 7.47. The molecule has 0 aromatic heterocycles. The molecule has 0 aliphatic heterocycles. The van der Waals surface area contributed by atoms with Crippen molar-refractivity contribution in [3.63, 3.8) is 0 Å². The average molecular weight is 1580 g/mol. The molecule has 108 heavy (non-hydrogen) atoms. The van der Waals surface area contributed by atoms with Gasteiger partial charge in [0.25, 0.3) is 0 Å². The highest BCUT2D eigenvalue weighted by Crippen LogP contribution is 2.45. The molecule has 0 aromatic rings. The summed E-state index contributed by atoms with van der Waals surface area (Å²) in [7, 11) is -9.93. The standard InChI is InChI=1S/C89H174O17P2/c1-7-9-11-13-15-17-19-20-21-22-23-24-25-26-31-34-37-43-49-55-61-67-73-88(93)106-85(78-100-87(92)72-66-60-54-48-42-36-33-30-28-27-29-32-35-40-45-51-57-63-69-81(3)4)80-104-108(97,98)102-76-83(90)75-101-107(95,96)103-79-84(77-99-86(91)71-65-59-53-47-18-16-14-12-10-8-2)105-89(94)74-68-62-56-50-44-39-38-41-46-52-58-64-70-82(5)6/h81-85,90H,7-80H2,1-6H3,(H,95,96)(H,97,98)/t83-,84+,85+/m0/s1. The number of ether oxygens (including phenoxy) is 4. The van der Waals surface area contributed by atoms with Crippen LogP contribution in [0.15, 0.2) is 0 Å². The summed E-state index contributed by atoms with van der Waals surface area (Å²) in [5, 5.41) is 10.7. The summed E-state index contributed by atoms with van der Waals surface area (Å²) in [4.78, 5) is 73.3. The predicted octanol–water partition coefficient (Wildman–Crippen LogP) is 27.4. The van der Waals surface area contributed by atoms with Crippen molar-refractivity contribution in [1.82, 2.24) is 0 Å². The smallest absolute Gasteiger partial charge is 0.462 e. The SMILES string of the molecule is CCCCCCCCCCCCCCCCCCCCCCCCC(=O)O[C@H](COC(=O)CCCCCCCCCCCCCCCCCCCCC(C)C)COP(=O)(O)OC[C@@H](O)COP(=O)(O)OC[C@@H](COC(=O)CCCCCCCCCCCC)OC(=O)CCCCCCCCCCCCCCC(C)C. The Morgan fingerprint density at radius 1 is 0.250 bits per heavy atom. The second-order valence-corrected chi connectivity index (χ2v) is 35.8. The van der Waals surface area contributed by atoms with Crippen LogP contribution in [0.1, 0.15) is 478 Å². The largest absolute Gasteiger partial charge is 0.472 e. The molecule has 0 spiro atoms. The van der Waals surface area contributed by atoms with E-state index in [1.807, 2.05) is 0 Å². The first-order chi connectivity index (χ1) is 52.4. The van der Waals surface area contributed by atoms with Crippen LogP contribution >= 0.6 is 15.6 Å². The first-order valence-corrected chi connectivity index (χ1v) is 49.0. The number of rotatable bonds is 88. The summed E-state index contributed by atoms with van der Waals surface area (Å²) in [5.41, 5.74) is 0. The van der Waals surface area contributed by atoms with Gasteiger partial charge in [0, 0.05) is 25.7 Å². The van der Waals surface area contributed by atoms with E-state index in [1.165, 1.54) is 295 Å². The summed E-state index contributed by atoms with van der Waals surface area (Å²) in [6, 6.07) is 0. The minimum Gasteiger partial charge on any atom is -0.462 e. The van der Waals surface area contributed by atoms with E-state index in [2.05, 4.69) is 41.5 Å². The van der Waals surface area contributed by atoms with Gasteiger partial charge in [0.05, 0.1) is 26.4 Å². The summed E-state index contributed by atoms with van der Waals surface area (Å²) >= 11 is 0. The number of hydrogen-bond acceptors (Lipinski definition) is 15. The predicted molar refractivity (Wildman–Crippen MR) is 446 cm³/mol. The molecule has 0 saturated carbocycles. The molecule has 0 aliphatic carbocycles. The lowest BCUT2D eigenvalue weighted by molar-refractivity contribution is -0.161. The Kier molecular flexibility index (Phi) is 78.8. The normalized spacial score (nSPS) is 13.8. The van der Waals surface area contributed by atoms with Gasteiger partial charge in [-0.2, -0.15) is 0 Å². The van der Waals surface area contributed by atoms with E-state index in [9.17, 15) is 43.2 Å². The van der Waals surface area contributed by atoms with Crippen LogP contribution in [-0.4, -0.2) is 96.7 Å². The van der Waals surface area contributed by atoms with E-state index in [0.717, 1.165) is 102 Å². The fourth-order valence-electron chi connectivity index (χ4n) is 14.0. The van der Waals surface area contributed by atoms with Crippen molar-refractivity contribution in [1.29, 1.82) is 0 Å². The molecule has 0 rings (SSSR count). The molecule has 0 aliphatic rings. The summed E-state index contributed by atoms with van der Waals surface area (Å²) < 4.78 is 69.0. The van der Waals surface area contributed by atoms with Crippen LogP contribution in [-0.2, 0) is 65.4 Å². The Balaban J connectivity index is 5.21. The minimum absolute atomic E-state index is 0.107. The fourth-order valence-corrected chi connectivity index (χ4v) is 15.5. The third-order valence-corrected chi connectivity index (χ3v) is 22.9. The van der Waals surface area contributed by atoms with Crippen LogP contribution in [0.2, 0.25) is 0 Å². The quantitative estimate of drug-likeness (QED) is 0.0222. The molecule has 0 fully saturated rings. The molecule has 642 valence electrons. The Hall–Kier alpha value is -1.94. The second kappa shape index (κ2) is 80.3. The maximum Gasteiger partial charge on any atom is 0.472 e. The summed E-state index contributed by atoms with van der Waals surface area (Å²) in [6.07, 6.45) is 73.7. The van der Waals surface area contributed by atoms with Crippen molar-refractivity contribution in [3.05, 3.63) is 0 Å². The van der Waals surface area contributed by atoms with E-state index >= 15 is 0 Å². The zero-order valence-corrected chi connectivity index (χ0v) is 73.0. The van der Waals surface area contributed by atoms with Crippen LogP contribution in [0, 0.1) is 11.8 Å². The average Bonchev–Trinajstić information content (AvgIpc) is 0.919. The van der Waals surface area contributed by atoms with Crippen LogP contribution in [0.25, 0.3) is 0 Å². The molecule has 2 unspecified atom stereocenters. The summed E-state index contributed by atoms with van der Waals surface area (Å²) in [5.74, 6) is -0.500. The van der Waals surface area contributed by atoms with E-state index in [0.29, 0.717) is 25.7 Å². The third kappa shape index (κ3) is 82.1. The number of phosphoric ester groups is 2. The molecule has 0 radical (unpaired) electrons. The lowest BCUT2D eigenvalue weighted by atomic mass is 10.0. The van der Waals surface area contributed by atoms with E-state index < -0.39 is 97.5 Å². The second-order valence-electron chi connectivity index (χ2n) is 32.9. The Labute approximate surface area is 664 Å². The molecular weight excluding hydrogens is 1400 g/mol. The minimum atomic E-state index is -4.97. The topological polar surface area (TPSA) is 237 Å². The molecule has 0 bridgehead atoms. The number of phosphoric acid groups is 2. The van der Waals surface area contributed by atoms with Gasteiger partial charge >= 0.3 is 39.5 Å².